The Morgan fingerprint density at radius 2 is 2.28 bits per heavy atom. The lowest BCUT2D eigenvalue weighted by Gasteiger charge is -2.04. The summed E-state index contributed by atoms with van der Waals surface area (Å²) in [6.45, 7) is 0. The van der Waals surface area contributed by atoms with Crippen molar-refractivity contribution in [3.8, 4) is 6.07 Å². The summed E-state index contributed by atoms with van der Waals surface area (Å²) in [5, 5.41) is 11.3. The van der Waals surface area contributed by atoms with Crippen molar-refractivity contribution in [3.05, 3.63) is 59.6 Å². The van der Waals surface area contributed by atoms with Crippen LogP contribution >= 0.6 is 0 Å². The molecule has 1 aromatic carbocycles. The zero-order valence-corrected chi connectivity index (χ0v) is 9.76. The standard InChI is InChI=1S/C13H14N4O/c14-6-2-5-12(16)17-13(18)8-10-3-1-4-11(7-10)9-15/h1-7H,8,14,16H2,(H,17,18)/b6-2-,12-5+. The molecule has 0 saturated carbocycles. The molecule has 0 heterocycles. The van der Waals surface area contributed by atoms with Crippen LogP contribution in [0.1, 0.15) is 11.1 Å². The number of nitrogens with one attached hydrogen (secondary N) is 1. The van der Waals surface area contributed by atoms with Gasteiger partial charge in [0.15, 0.2) is 0 Å². The summed E-state index contributed by atoms with van der Waals surface area (Å²) in [4.78, 5) is 11.6. The predicted molar refractivity (Wildman–Crippen MR) is 68.6 cm³/mol. The summed E-state index contributed by atoms with van der Waals surface area (Å²) in [6, 6.07) is 8.88. The quantitative estimate of drug-likeness (QED) is 0.668. The first-order chi connectivity index (χ1) is 8.65. The first-order valence-corrected chi connectivity index (χ1v) is 5.28. The molecule has 92 valence electrons. The Morgan fingerprint density at radius 1 is 1.50 bits per heavy atom. The van der Waals surface area contributed by atoms with Crippen LogP contribution in [0, 0.1) is 11.3 Å². The summed E-state index contributed by atoms with van der Waals surface area (Å²) in [6.07, 6.45) is 4.49. The Bertz CT molecular complexity index is 526. The topological polar surface area (TPSA) is 105 Å². The van der Waals surface area contributed by atoms with Crippen molar-refractivity contribution < 1.29 is 4.79 Å². The van der Waals surface area contributed by atoms with E-state index in [0.29, 0.717) is 5.56 Å². The first kappa shape index (κ1) is 13.3. The molecule has 0 unspecified atom stereocenters. The Hall–Kier alpha value is -2.74. The Kier molecular flexibility index (Phi) is 5.00. The van der Waals surface area contributed by atoms with Crippen LogP contribution in [-0.2, 0) is 11.2 Å². The molecule has 5 heteroatoms. The number of nitriles is 1. The van der Waals surface area contributed by atoms with Gasteiger partial charge in [0.1, 0.15) is 5.82 Å². The number of rotatable bonds is 4. The molecule has 5 nitrogen and oxygen atoms in total. The molecule has 1 rings (SSSR count). The minimum Gasteiger partial charge on any atom is -0.405 e. The number of carbonyl (C=O) groups excluding carboxylic acids is 1. The molecule has 0 fully saturated rings. The highest BCUT2D eigenvalue weighted by atomic mass is 16.1. The molecule has 0 aliphatic carbocycles. The number of hydrogen-bond acceptors (Lipinski definition) is 4. The summed E-state index contributed by atoms with van der Waals surface area (Å²) in [5.74, 6) is -0.0256. The van der Waals surface area contributed by atoms with Crippen molar-refractivity contribution in [1.29, 1.82) is 5.26 Å². The Morgan fingerprint density at radius 3 is 2.94 bits per heavy atom. The van der Waals surface area contributed by atoms with Crippen LogP contribution < -0.4 is 16.8 Å². The van der Waals surface area contributed by atoms with Gasteiger partial charge in [-0.15, -0.1) is 0 Å². The van der Waals surface area contributed by atoms with E-state index in [9.17, 15) is 4.79 Å². The van der Waals surface area contributed by atoms with Crippen LogP contribution in [0.3, 0.4) is 0 Å². The highest BCUT2D eigenvalue weighted by molar-refractivity contribution is 5.80. The van der Waals surface area contributed by atoms with Crippen molar-refractivity contribution >= 4 is 5.91 Å². The molecule has 0 aromatic heterocycles. The molecule has 0 bridgehead atoms. The molecule has 0 atom stereocenters. The van der Waals surface area contributed by atoms with Crippen molar-refractivity contribution in [2.75, 3.05) is 0 Å². The van der Waals surface area contributed by atoms with Crippen molar-refractivity contribution in [2.45, 2.75) is 6.42 Å². The molecule has 5 N–H and O–H groups in total. The van der Waals surface area contributed by atoms with Gasteiger partial charge in [0, 0.05) is 0 Å². The van der Waals surface area contributed by atoms with Gasteiger partial charge < -0.3 is 16.8 Å². The third kappa shape index (κ3) is 4.41. The van der Waals surface area contributed by atoms with Gasteiger partial charge >= 0.3 is 0 Å². The Labute approximate surface area is 105 Å². The smallest absolute Gasteiger partial charge is 0.229 e. The Balaban J connectivity index is 2.62. The zero-order valence-electron chi connectivity index (χ0n) is 9.76. The van der Waals surface area contributed by atoms with E-state index >= 15 is 0 Å². The molecular formula is C13H14N4O. The summed E-state index contributed by atoms with van der Waals surface area (Å²) in [7, 11) is 0. The van der Waals surface area contributed by atoms with Crippen molar-refractivity contribution in [1.82, 2.24) is 5.32 Å². The average Bonchev–Trinajstić information content (AvgIpc) is 2.36. The number of allylic oxidation sites excluding steroid dienone is 2. The molecular weight excluding hydrogens is 228 g/mol. The molecule has 18 heavy (non-hydrogen) atoms. The van der Waals surface area contributed by atoms with Crippen LogP contribution in [0.5, 0.6) is 0 Å². The summed E-state index contributed by atoms with van der Waals surface area (Å²) >= 11 is 0. The fraction of sp³-hybridized carbons (Fsp3) is 0.0769. The zero-order chi connectivity index (χ0) is 13.4. The molecule has 1 aromatic rings. The lowest BCUT2D eigenvalue weighted by molar-refractivity contribution is -0.119. The lowest BCUT2D eigenvalue weighted by Crippen LogP contribution is -2.28. The van der Waals surface area contributed by atoms with Crippen LogP contribution in [0.25, 0.3) is 0 Å². The largest absolute Gasteiger partial charge is 0.405 e. The number of carbonyl (C=O) groups is 1. The van der Waals surface area contributed by atoms with Crippen LogP contribution in [0.2, 0.25) is 0 Å². The number of amides is 1. The van der Waals surface area contributed by atoms with Gasteiger partial charge in [-0.2, -0.15) is 5.26 Å². The predicted octanol–water partition coefficient (Wildman–Crippen LogP) is 0.489. The number of benzene rings is 1. The third-order valence-electron chi connectivity index (χ3n) is 2.09. The number of nitrogens with two attached hydrogens (primary N) is 2. The molecule has 1 amide bonds. The van der Waals surface area contributed by atoms with Crippen LogP contribution in [0.15, 0.2) is 48.4 Å². The van der Waals surface area contributed by atoms with E-state index in [1.165, 1.54) is 18.4 Å². The second-order valence-corrected chi connectivity index (χ2v) is 3.54. The van der Waals surface area contributed by atoms with Crippen molar-refractivity contribution in [2.24, 2.45) is 11.5 Å². The first-order valence-electron chi connectivity index (χ1n) is 5.28. The normalized spacial score (nSPS) is 11.2. The second kappa shape index (κ2) is 6.76. The third-order valence-corrected chi connectivity index (χ3v) is 2.09. The van der Waals surface area contributed by atoms with E-state index in [2.05, 4.69) is 5.32 Å². The van der Waals surface area contributed by atoms with Gasteiger partial charge in [0.25, 0.3) is 0 Å². The van der Waals surface area contributed by atoms with Gasteiger partial charge in [-0.3, -0.25) is 4.79 Å². The van der Waals surface area contributed by atoms with Gasteiger partial charge in [0.2, 0.25) is 5.91 Å². The van der Waals surface area contributed by atoms with E-state index in [4.69, 9.17) is 16.7 Å². The average molecular weight is 242 g/mol. The number of nitrogens with zero attached hydrogens (tertiary/aromatic N) is 1. The fourth-order valence-corrected chi connectivity index (χ4v) is 1.34. The fourth-order valence-electron chi connectivity index (χ4n) is 1.34. The molecule has 0 aliphatic rings. The maximum atomic E-state index is 11.6. The summed E-state index contributed by atoms with van der Waals surface area (Å²) in [5.41, 5.74) is 12.0. The second-order valence-electron chi connectivity index (χ2n) is 3.54. The van der Waals surface area contributed by atoms with E-state index in [-0.39, 0.29) is 18.1 Å². The number of hydrogen-bond donors (Lipinski definition) is 3. The maximum Gasteiger partial charge on any atom is 0.229 e. The highest BCUT2D eigenvalue weighted by Crippen LogP contribution is 2.04. The monoisotopic (exact) mass is 242 g/mol. The van der Waals surface area contributed by atoms with E-state index in [0.717, 1.165) is 5.56 Å². The summed E-state index contributed by atoms with van der Waals surface area (Å²) < 4.78 is 0. The molecule has 0 radical (unpaired) electrons. The maximum absolute atomic E-state index is 11.6. The van der Waals surface area contributed by atoms with E-state index in [1.54, 1.807) is 24.3 Å². The minimum absolute atomic E-state index is 0.163. The molecule has 0 saturated heterocycles. The van der Waals surface area contributed by atoms with E-state index in [1.807, 2.05) is 6.07 Å². The minimum atomic E-state index is -0.246. The van der Waals surface area contributed by atoms with Gasteiger partial charge in [-0.05, 0) is 36.0 Å². The SMILES string of the molecule is N#Cc1cccc(CC(=O)N/C(N)=C/C=C\N)c1. The van der Waals surface area contributed by atoms with Gasteiger partial charge in [-0.1, -0.05) is 12.1 Å². The van der Waals surface area contributed by atoms with Crippen LogP contribution in [0.4, 0.5) is 0 Å². The molecule has 0 spiro atoms. The van der Waals surface area contributed by atoms with Gasteiger partial charge in [0.05, 0.1) is 18.1 Å². The van der Waals surface area contributed by atoms with E-state index < -0.39 is 0 Å². The van der Waals surface area contributed by atoms with Crippen molar-refractivity contribution in [3.63, 3.8) is 0 Å². The highest BCUT2D eigenvalue weighted by Gasteiger charge is 2.04. The van der Waals surface area contributed by atoms with Gasteiger partial charge in [-0.25, -0.2) is 0 Å². The van der Waals surface area contributed by atoms with Crippen LogP contribution in [-0.4, -0.2) is 5.91 Å². The molecule has 0 aliphatic heterocycles. The lowest BCUT2D eigenvalue weighted by atomic mass is 10.1.